The van der Waals surface area contributed by atoms with Gasteiger partial charge in [0.2, 0.25) is 0 Å². The van der Waals surface area contributed by atoms with Crippen LogP contribution in [0.3, 0.4) is 0 Å². The Morgan fingerprint density at radius 2 is 1.76 bits per heavy atom. The van der Waals surface area contributed by atoms with Crippen LogP contribution in [0.2, 0.25) is 0 Å². The Hall–Kier alpha value is -2.97. The minimum Gasteiger partial charge on any atom is -0.280 e. The summed E-state index contributed by atoms with van der Waals surface area (Å²) in [5, 5.41) is 1.87. The molecule has 0 unspecified atom stereocenters. The Morgan fingerprint density at radius 1 is 1.07 bits per heavy atom. The maximum absolute atomic E-state index is 12.6. The summed E-state index contributed by atoms with van der Waals surface area (Å²) in [6, 6.07) is 15.3. The largest absolute Gasteiger partial charge is 0.280 e. The normalized spacial score (nSPS) is 11.7. The van der Waals surface area contributed by atoms with Crippen LogP contribution in [0.15, 0.2) is 69.7 Å². The molecule has 2 heterocycles. The maximum atomic E-state index is 12.6. The van der Waals surface area contributed by atoms with Crippen molar-refractivity contribution in [2.24, 2.45) is 0 Å². The van der Waals surface area contributed by atoms with Crippen molar-refractivity contribution < 1.29 is 8.42 Å². The van der Waals surface area contributed by atoms with Gasteiger partial charge in [0.15, 0.2) is 4.96 Å². The molecule has 0 aliphatic carbocycles. The van der Waals surface area contributed by atoms with E-state index in [0.29, 0.717) is 16.3 Å². The van der Waals surface area contributed by atoms with Crippen molar-refractivity contribution in [3.05, 3.63) is 81.6 Å². The van der Waals surface area contributed by atoms with E-state index in [2.05, 4.69) is 9.71 Å². The standard InChI is InChI=1S/C21H19N3O3S2/c1-3-15-4-10-18(11-5-15)29(26,27)23-17-8-6-16(7-9-17)19-13-28-21-22-14(2)12-20(25)24(19)21/h4-13,23H,3H2,1-2H3. The second-order valence-electron chi connectivity index (χ2n) is 6.66. The fourth-order valence-corrected chi connectivity index (χ4v) is 5.06. The number of fused-ring (bicyclic) bond motifs is 1. The summed E-state index contributed by atoms with van der Waals surface area (Å²) in [6.45, 7) is 3.81. The summed E-state index contributed by atoms with van der Waals surface area (Å²) in [5.41, 5.74) is 3.61. The first kappa shape index (κ1) is 19.4. The van der Waals surface area contributed by atoms with Crippen molar-refractivity contribution in [2.75, 3.05) is 4.72 Å². The third kappa shape index (κ3) is 3.81. The first-order valence-corrected chi connectivity index (χ1v) is 11.4. The van der Waals surface area contributed by atoms with Gasteiger partial charge in [-0.3, -0.25) is 13.9 Å². The van der Waals surface area contributed by atoms with Crippen LogP contribution in [0.1, 0.15) is 18.2 Å². The molecule has 0 saturated carbocycles. The molecule has 2 aromatic heterocycles. The molecule has 0 saturated heterocycles. The molecule has 2 aromatic carbocycles. The number of hydrogen-bond acceptors (Lipinski definition) is 5. The maximum Gasteiger partial charge on any atom is 0.261 e. The van der Waals surface area contributed by atoms with Gasteiger partial charge >= 0.3 is 0 Å². The Kier molecular flexibility index (Phi) is 4.97. The molecule has 6 nitrogen and oxygen atoms in total. The van der Waals surface area contributed by atoms with Crippen molar-refractivity contribution in [1.29, 1.82) is 0 Å². The van der Waals surface area contributed by atoms with Gasteiger partial charge in [-0.05, 0) is 48.7 Å². The molecular weight excluding hydrogens is 406 g/mol. The third-order valence-electron chi connectivity index (χ3n) is 4.61. The van der Waals surface area contributed by atoms with Gasteiger partial charge in [-0.25, -0.2) is 13.4 Å². The number of aryl methyl sites for hydroxylation is 2. The fourth-order valence-electron chi connectivity index (χ4n) is 3.06. The highest BCUT2D eigenvalue weighted by molar-refractivity contribution is 7.92. The quantitative estimate of drug-likeness (QED) is 0.522. The third-order valence-corrected chi connectivity index (χ3v) is 6.83. The van der Waals surface area contributed by atoms with Crippen molar-refractivity contribution in [1.82, 2.24) is 9.38 Å². The van der Waals surface area contributed by atoms with E-state index in [4.69, 9.17) is 0 Å². The van der Waals surface area contributed by atoms with Crippen molar-refractivity contribution >= 4 is 32.0 Å². The average molecular weight is 426 g/mol. The lowest BCUT2D eigenvalue weighted by Gasteiger charge is -2.09. The molecule has 0 spiro atoms. The SMILES string of the molecule is CCc1ccc(S(=O)(=O)Nc2ccc(-c3csc4nc(C)cc(=O)n34)cc2)cc1. The number of aromatic nitrogens is 2. The van der Waals surface area contributed by atoms with Crippen LogP contribution in [-0.4, -0.2) is 17.8 Å². The number of nitrogens with zero attached hydrogens (tertiary/aromatic N) is 2. The first-order valence-electron chi connectivity index (χ1n) is 9.07. The smallest absolute Gasteiger partial charge is 0.261 e. The molecule has 0 bridgehead atoms. The van der Waals surface area contributed by atoms with E-state index in [9.17, 15) is 13.2 Å². The molecule has 148 valence electrons. The minimum absolute atomic E-state index is 0.135. The van der Waals surface area contributed by atoms with Crippen molar-refractivity contribution in [3.8, 4) is 11.3 Å². The van der Waals surface area contributed by atoms with Gasteiger partial charge in [0, 0.05) is 22.8 Å². The highest BCUT2D eigenvalue weighted by Gasteiger charge is 2.15. The molecule has 0 radical (unpaired) electrons. The lowest BCUT2D eigenvalue weighted by molar-refractivity contribution is 0.601. The van der Waals surface area contributed by atoms with Crippen molar-refractivity contribution in [2.45, 2.75) is 25.2 Å². The average Bonchev–Trinajstić information content (AvgIpc) is 3.12. The van der Waals surface area contributed by atoms with Crippen molar-refractivity contribution in [3.63, 3.8) is 0 Å². The summed E-state index contributed by atoms with van der Waals surface area (Å²) in [5.74, 6) is 0. The van der Waals surface area contributed by atoms with Gasteiger partial charge in [-0.2, -0.15) is 0 Å². The number of nitrogens with one attached hydrogen (secondary N) is 1. The summed E-state index contributed by atoms with van der Waals surface area (Å²) >= 11 is 1.39. The number of benzene rings is 2. The predicted octanol–water partition coefficient (Wildman–Crippen LogP) is 4.09. The van der Waals surface area contributed by atoms with Gasteiger partial charge in [0.1, 0.15) is 0 Å². The molecule has 4 rings (SSSR count). The number of rotatable bonds is 5. The summed E-state index contributed by atoms with van der Waals surface area (Å²) < 4.78 is 29.4. The topological polar surface area (TPSA) is 80.5 Å². The van der Waals surface area contributed by atoms with Crippen LogP contribution in [-0.2, 0) is 16.4 Å². The lowest BCUT2D eigenvalue weighted by atomic mass is 10.1. The Morgan fingerprint density at radius 3 is 2.41 bits per heavy atom. The van der Waals surface area contributed by atoms with E-state index in [1.165, 1.54) is 17.4 Å². The van der Waals surface area contributed by atoms with Crippen LogP contribution in [0, 0.1) is 6.92 Å². The number of hydrogen-bond donors (Lipinski definition) is 1. The van der Waals surface area contributed by atoms with Gasteiger partial charge in [-0.15, -0.1) is 11.3 Å². The van der Waals surface area contributed by atoms with Crippen LogP contribution >= 0.6 is 11.3 Å². The molecule has 0 aliphatic heterocycles. The predicted molar refractivity (Wildman–Crippen MR) is 116 cm³/mol. The molecule has 0 atom stereocenters. The summed E-state index contributed by atoms with van der Waals surface area (Å²) in [7, 11) is -3.66. The van der Waals surface area contributed by atoms with E-state index >= 15 is 0 Å². The van der Waals surface area contributed by atoms with Crippen LogP contribution in [0.4, 0.5) is 5.69 Å². The number of sulfonamides is 1. The highest BCUT2D eigenvalue weighted by Crippen LogP contribution is 2.26. The van der Waals surface area contributed by atoms with Crippen LogP contribution in [0.5, 0.6) is 0 Å². The molecule has 4 aromatic rings. The van der Waals surface area contributed by atoms with Gasteiger partial charge in [-0.1, -0.05) is 31.2 Å². The zero-order valence-electron chi connectivity index (χ0n) is 15.9. The lowest BCUT2D eigenvalue weighted by Crippen LogP contribution is -2.14. The number of thiazole rings is 1. The molecule has 0 aliphatic rings. The van der Waals surface area contributed by atoms with Gasteiger partial charge in [0.05, 0.1) is 10.6 Å². The Balaban J connectivity index is 1.62. The zero-order valence-corrected chi connectivity index (χ0v) is 17.5. The molecule has 1 N–H and O–H groups in total. The summed E-state index contributed by atoms with van der Waals surface area (Å²) in [4.78, 5) is 17.6. The molecular formula is C21H19N3O3S2. The van der Waals surface area contributed by atoms with Crippen LogP contribution < -0.4 is 10.3 Å². The minimum atomic E-state index is -3.66. The van der Waals surface area contributed by atoms with E-state index < -0.39 is 10.0 Å². The van der Waals surface area contributed by atoms with E-state index in [-0.39, 0.29) is 10.5 Å². The molecule has 29 heavy (non-hydrogen) atoms. The monoisotopic (exact) mass is 425 g/mol. The highest BCUT2D eigenvalue weighted by atomic mass is 32.2. The van der Waals surface area contributed by atoms with Gasteiger partial charge < -0.3 is 0 Å². The van der Waals surface area contributed by atoms with Crippen LogP contribution in [0.25, 0.3) is 16.2 Å². The van der Waals surface area contributed by atoms with E-state index in [0.717, 1.165) is 23.2 Å². The molecule has 0 fully saturated rings. The molecule has 8 heteroatoms. The molecule has 0 amide bonds. The first-order chi connectivity index (χ1) is 13.9. The van der Waals surface area contributed by atoms with E-state index in [1.54, 1.807) is 47.7 Å². The fraction of sp³-hybridized carbons (Fsp3) is 0.143. The number of anilines is 1. The van der Waals surface area contributed by atoms with Gasteiger partial charge in [0.25, 0.3) is 15.6 Å². The Labute approximate surface area is 172 Å². The Bertz CT molecular complexity index is 1340. The zero-order chi connectivity index (χ0) is 20.6. The second-order valence-corrected chi connectivity index (χ2v) is 9.17. The van der Waals surface area contributed by atoms with E-state index in [1.807, 2.05) is 24.4 Å². The summed E-state index contributed by atoms with van der Waals surface area (Å²) in [6.07, 6.45) is 0.852. The second kappa shape index (κ2) is 7.46.